The van der Waals surface area contributed by atoms with Crippen LogP contribution < -0.4 is 5.32 Å². The highest BCUT2D eigenvalue weighted by molar-refractivity contribution is 7.10. The zero-order chi connectivity index (χ0) is 13.6. The zero-order valence-corrected chi connectivity index (χ0v) is 11.3. The highest BCUT2D eigenvalue weighted by Gasteiger charge is 2.33. The second-order valence-corrected chi connectivity index (χ2v) is 5.20. The molecule has 0 fully saturated rings. The summed E-state index contributed by atoms with van der Waals surface area (Å²) in [6, 6.07) is 3.78. The van der Waals surface area contributed by atoms with Gasteiger partial charge in [0.2, 0.25) is 5.91 Å². The smallest absolute Gasteiger partial charge is 0.329 e. The number of hydrogen-bond donors (Lipinski definition) is 2. The van der Waals surface area contributed by atoms with Crippen LogP contribution in [0.25, 0.3) is 6.08 Å². The van der Waals surface area contributed by atoms with Gasteiger partial charge in [0.1, 0.15) is 5.54 Å². The lowest BCUT2D eigenvalue weighted by Crippen LogP contribution is -2.51. The Morgan fingerprint density at radius 1 is 1.56 bits per heavy atom. The van der Waals surface area contributed by atoms with Crippen molar-refractivity contribution in [1.82, 2.24) is 5.32 Å². The molecule has 5 heteroatoms. The van der Waals surface area contributed by atoms with Crippen molar-refractivity contribution in [2.24, 2.45) is 0 Å². The van der Waals surface area contributed by atoms with E-state index in [0.717, 1.165) is 4.88 Å². The molecule has 18 heavy (non-hydrogen) atoms. The van der Waals surface area contributed by atoms with Gasteiger partial charge in [-0.25, -0.2) is 4.79 Å². The Morgan fingerprint density at radius 3 is 2.78 bits per heavy atom. The molecule has 0 aliphatic heterocycles. The molecule has 1 aromatic heterocycles. The summed E-state index contributed by atoms with van der Waals surface area (Å²) in [6.45, 7) is 3.41. The third-order valence-corrected chi connectivity index (χ3v) is 3.40. The van der Waals surface area contributed by atoms with Gasteiger partial charge in [-0.15, -0.1) is 11.3 Å². The third kappa shape index (κ3) is 4.00. The lowest BCUT2D eigenvalue weighted by Gasteiger charge is -2.24. The molecule has 1 heterocycles. The Bertz CT molecular complexity index is 439. The van der Waals surface area contributed by atoms with Crippen molar-refractivity contribution >= 4 is 29.3 Å². The van der Waals surface area contributed by atoms with Gasteiger partial charge in [0.05, 0.1) is 0 Å². The molecule has 0 bridgehead atoms. The van der Waals surface area contributed by atoms with Crippen LogP contribution in [0.2, 0.25) is 0 Å². The van der Waals surface area contributed by atoms with Gasteiger partial charge in [0.15, 0.2) is 0 Å². The quantitative estimate of drug-likeness (QED) is 0.778. The Morgan fingerprint density at radius 2 is 2.28 bits per heavy atom. The van der Waals surface area contributed by atoms with Crippen molar-refractivity contribution in [2.45, 2.75) is 32.2 Å². The van der Waals surface area contributed by atoms with E-state index in [2.05, 4.69) is 5.32 Å². The summed E-state index contributed by atoms with van der Waals surface area (Å²) in [5, 5.41) is 13.6. The fraction of sp³-hybridized carbons (Fsp3) is 0.385. The molecule has 0 aliphatic carbocycles. The van der Waals surface area contributed by atoms with Crippen molar-refractivity contribution in [1.29, 1.82) is 0 Å². The van der Waals surface area contributed by atoms with Crippen LogP contribution in [0.3, 0.4) is 0 Å². The van der Waals surface area contributed by atoms with Crippen LogP contribution in [0, 0.1) is 0 Å². The summed E-state index contributed by atoms with van der Waals surface area (Å²) < 4.78 is 0. The SMILES string of the molecule is CCCC(C)(NC(=O)/C=C/c1cccs1)C(=O)O. The topological polar surface area (TPSA) is 66.4 Å². The van der Waals surface area contributed by atoms with E-state index in [1.807, 2.05) is 24.4 Å². The first kappa shape index (κ1) is 14.4. The van der Waals surface area contributed by atoms with Crippen molar-refractivity contribution in [2.75, 3.05) is 0 Å². The van der Waals surface area contributed by atoms with E-state index < -0.39 is 11.5 Å². The number of carboxylic acids is 1. The van der Waals surface area contributed by atoms with Gasteiger partial charge in [-0.05, 0) is 30.9 Å². The maximum absolute atomic E-state index is 11.7. The van der Waals surface area contributed by atoms with Crippen LogP contribution in [0.15, 0.2) is 23.6 Å². The van der Waals surface area contributed by atoms with Crippen LogP contribution in [0.5, 0.6) is 0 Å². The number of aliphatic carboxylic acids is 1. The second kappa shape index (κ2) is 6.35. The second-order valence-electron chi connectivity index (χ2n) is 4.23. The van der Waals surface area contributed by atoms with Crippen molar-refractivity contribution in [3.63, 3.8) is 0 Å². The Hall–Kier alpha value is -1.62. The Kier molecular flexibility index (Phi) is 5.09. The summed E-state index contributed by atoms with van der Waals surface area (Å²) in [4.78, 5) is 23.8. The first-order valence-corrected chi connectivity index (χ1v) is 6.63. The van der Waals surface area contributed by atoms with E-state index in [0.29, 0.717) is 12.8 Å². The molecule has 1 amide bonds. The predicted molar refractivity (Wildman–Crippen MR) is 72.4 cm³/mol. The van der Waals surface area contributed by atoms with Crippen LogP contribution in [0.1, 0.15) is 31.6 Å². The number of carboxylic acid groups (broad SMARTS) is 1. The summed E-state index contributed by atoms with van der Waals surface area (Å²) in [7, 11) is 0. The number of thiophene rings is 1. The van der Waals surface area contributed by atoms with Crippen LogP contribution in [-0.4, -0.2) is 22.5 Å². The van der Waals surface area contributed by atoms with E-state index in [9.17, 15) is 9.59 Å². The molecular weight excluding hydrogens is 250 g/mol. The molecule has 2 N–H and O–H groups in total. The molecule has 0 aliphatic rings. The van der Waals surface area contributed by atoms with Crippen LogP contribution >= 0.6 is 11.3 Å². The minimum absolute atomic E-state index is 0.387. The Labute approximate surface area is 110 Å². The normalized spacial score (nSPS) is 14.3. The van der Waals surface area contributed by atoms with Gasteiger partial charge in [-0.1, -0.05) is 19.4 Å². The van der Waals surface area contributed by atoms with E-state index in [-0.39, 0.29) is 5.91 Å². The third-order valence-electron chi connectivity index (χ3n) is 2.56. The number of nitrogens with one attached hydrogen (secondary N) is 1. The summed E-state index contributed by atoms with van der Waals surface area (Å²) >= 11 is 1.52. The zero-order valence-electron chi connectivity index (χ0n) is 10.5. The van der Waals surface area contributed by atoms with Crippen molar-refractivity contribution in [3.8, 4) is 0 Å². The molecule has 0 saturated heterocycles. The van der Waals surface area contributed by atoms with E-state index in [1.165, 1.54) is 24.3 Å². The minimum atomic E-state index is -1.20. The highest BCUT2D eigenvalue weighted by Crippen LogP contribution is 2.13. The van der Waals surface area contributed by atoms with Crippen molar-refractivity contribution < 1.29 is 14.7 Å². The summed E-state index contributed by atoms with van der Waals surface area (Å²) in [5.41, 5.74) is -1.20. The maximum atomic E-state index is 11.7. The summed E-state index contributed by atoms with van der Waals surface area (Å²) in [5.74, 6) is -1.40. The molecule has 1 rings (SSSR count). The van der Waals surface area contributed by atoms with Crippen molar-refractivity contribution in [3.05, 3.63) is 28.5 Å². The minimum Gasteiger partial charge on any atom is -0.480 e. The summed E-state index contributed by atoms with van der Waals surface area (Å²) in [6.07, 6.45) is 4.13. The number of amides is 1. The van der Waals surface area contributed by atoms with Crippen LogP contribution in [-0.2, 0) is 9.59 Å². The van der Waals surface area contributed by atoms with Gasteiger partial charge in [0.25, 0.3) is 0 Å². The van der Waals surface area contributed by atoms with Gasteiger partial charge >= 0.3 is 5.97 Å². The molecule has 0 radical (unpaired) electrons. The molecular formula is C13H17NO3S. The molecule has 0 spiro atoms. The number of rotatable bonds is 6. The van der Waals surface area contributed by atoms with E-state index in [4.69, 9.17) is 5.11 Å². The molecule has 98 valence electrons. The largest absolute Gasteiger partial charge is 0.480 e. The lowest BCUT2D eigenvalue weighted by atomic mass is 9.96. The average Bonchev–Trinajstić information content (AvgIpc) is 2.79. The van der Waals surface area contributed by atoms with E-state index >= 15 is 0 Å². The fourth-order valence-electron chi connectivity index (χ4n) is 1.58. The van der Waals surface area contributed by atoms with Crippen LogP contribution in [0.4, 0.5) is 0 Å². The first-order chi connectivity index (χ1) is 8.48. The molecule has 1 atom stereocenters. The van der Waals surface area contributed by atoms with E-state index in [1.54, 1.807) is 6.08 Å². The average molecular weight is 267 g/mol. The predicted octanol–water partition coefficient (Wildman–Crippen LogP) is 2.52. The number of carbonyl (C=O) groups is 2. The maximum Gasteiger partial charge on any atom is 0.329 e. The number of carbonyl (C=O) groups excluding carboxylic acids is 1. The Balaban J connectivity index is 2.65. The lowest BCUT2D eigenvalue weighted by molar-refractivity contribution is -0.146. The van der Waals surface area contributed by atoms with Gasteiger partial charge in [0, 0.05) is 11.0 Å². The molecule has 1 unspecified atom stereocenters. The van der Waals surface area contributed by atoms with Gasteiger partial charge in [-0.2, -0.15) is 0 Å². The van der Waals surface area contributed by atoms with Gasteiger partial charge in [-0.3, -0.25) is 4.79 Å². The van der Waals surface area contributed by atoms with Gasteiger partial charge < -0.3 is 10.4 Å². The molecule has 1 aromatic rings. The molecule has 0 saturated carbocycles. The monoisotopic (exact) mass is 267 g/mol. The number of hydrogen-bond acceptors (Lipinski definition) is 3. The standard InChI is InChI=1S/C13H17NO3S/c1-3-8-13(2,12(16)17)14-11(15)7-6-10-5-4-9-18-10/h4-7,9H,3,8H2,1-2H3,(H,14,15)(H,16,17)/b7-6+. The highest BCUT2D eigenvalue weighted by atomic mass is 32.1. The molecule has 0 aromatic carbocycles. The fourth-order valence-corrected chi connectivity index (χ4v) is 2.20. The first-order valence-electron chi connectivity index (χ1n) is 5.75. The molecule has 4 nitrogen and oxygen atoms in total.